The molecule has 1 aromatic rings. The predicted molar refractivity (Wildman–Crippen MR) is 80.0 cm³/mol. The van der Waals surface area contributed by atoms with E-state index in [0.29, 0.717) is 0 Å². The van der Waals surface area contributed by atoms with Crippen LogP contribution in [0.4, 0.5) is 0 Å². The quantitative estimate of drug-likeness (QED) is 0.785. The zero-order valence-electron chi connectivity index (χ0n) is 12.5. The molecule has 1 rings (SSSR count). The summed E-state index contributed by atoms with van der Waals surface area (Å²) in [5, 5.41) is 3.16. The molecule has 0 radical (unpaired) electrons. The molecule has 0 aromatic heterocycles. The maximum atomic E-state index is 6.27. The first kappa shape index (κ1) is 15.2. The second-order valence-electron chi connectivity index (χ2n) is 6.17. The Labute approximate surface area is 112 Å². The van der Waals surface area contributed by atoms with Crippen LogP contribution < -0.4 is 11.1 Å². The molecular weight excluding hydrogens is 220 g/mol. The lowest BCUT2D eigenvalue weighted by molar-refractivity contribution is 0.579. The molecule has 0 aliphatic carbocycles. The van der Waals surface area contributed by atoms with Crippen LogP contribution in [0.25, 0.3) is 0 Å². The van der Waals surface area contributed by atoms with Crippen molar-refractivity contribution < 1.29 is 0 Å². The van der Waals surface area contributed by atoms with Gasteiger partial charge < -0.3 is 11.1 Å². The van der Waals surface area contributed by atoms with Crippen LogP contribution in [0, 0.1) is 6.92 Å². The standard InChI is InChI=1S/C16H28N2/c1-12-11-13(16(2,3)4)8-9-14(12)15(17)7-6-10-18-5/h8-9,11,15,18H,6-7,10,17H2,1-5H3. The normalized spacial score (nSPS) is 13.7. The molecule has 18 heavy (non-hydrogen) atoms. The van der Waals surface area contributed by atoms with Crippen LogP contribution in [0.15, 0.2) is 18.2 Å². The number of hydrogen-bond acceptors (Lipinski definition) is 2. The van der Waals surface area contributed by atoms with E-state index >= 15 is 0 Å². The molecule has 1 unspecified atom stereocenters. The van der Waals surface area contributed by atoms with Crippen LogP contribution in [-0.4, -0.2) is 13.6 Å². The minimum Gasteiger partial charge on any atom is -0.324 e. The molecule has 102 valence electrons. The first-order valence-corrected chi connectivity index (χ1v) is 6.87. The molecule has 1 aromatic carbocycles. The highest BCUT2D eigenvalue weighted by molar-refractivity contribution is 5.36. The summed E-state index contributed by atoms with van der Waals surface area (Å²) in [5.41, 5.74) is 10.5. The fraction of sp³-hybridized carbons (Fsp3) is 0.625. The van der Waals surface area contributed by atoms with E-state index in [0.717, 1.165) is 19.4 Å². The summed E-state index contributed by atoms with van der Waals surface area (Å²) in [4.78, 5) is 0. The molecule has 0 bridgehead atoms. The third kappa shape index (κ3) is 4.11. The third-order valence-corrected chi connectivity index (χ3v) is 3.48. The van der Waals surface area contributed by atoms with Gasteiger partial charge in [-0.05, 0) is 55.5 Å². The summed E-state index contributed by atoms with van der Waals surface area (Å²) in [6, 6.07) is 6.88. The topological polar surface area (TPSA) is 38.0 Å². The molecule has 0 aliphatic heterocycles. The van der Waals surface area contributed by atoms with Gasteiger partial charge in [-0.3, -0.25) is 0 Å². The second kappa shape index (κ2) is 6.35. The summed E-state index contributed by atoms with van der Waals surface area (Å²) in [6.45, 7) is 9.94. The number of benzene rings is 1. The number of aryl methyl sites for hydroxylation is 1. The minimum atomic E-state index is 0.160. The number of hydrogen-bond donors (Lipinski definition) is 2. The third-order valence-electron chi connectivity index (χ3n) is 3.48. The van der Waals surface area contributed by atoms with Crippen molar-refractivity contribution in [3.05, 3.63) is 34.9 Å². The van der Waals surface area contributed by atoms with Crippen molar-refractivity contribution >= 4 is 0 Å². The van der Waals surface area contributed by atoms with Crippen molar-refractivity contribution in [1.82, 2.24) is 5.32 Å². The summed E-state index contributed by atoms with van der Waals surface area (Å²) in [6.07, 6.45) is 2.16. The van der Waals surface area contributed by atoms with E-state index < -0.39 is 0 Å². The average molecular weight is 248 g/mol. The van der Waals surface area contributed by atoms with E-state index in [1.165, 1.54) is 16.7 Å². The Kier molecular flexibility index (Phi) is 5.36. The van der Waals surface area contributed by atoms with E-state index in [2.05, 4.69) is 51.2 Å². The molecule has 0 heterocycles. The molecular formula is C16H28N2. The molecule has 0 amide bonds. The van der Waals surface area contributed by atoms with E-state index in [9.17, 15) is 0 Å². The van der Waals surface area contributed by atoms with Gasteiger partial charge in [0.15, 0.2) is 0 Å². The number of nitrogens with two attached hydrogens (primary N) is 1. The van der Waals surface area contributed by atoms with Gasteiger partial charge in [0.2, 0.25) is 0 Å². The Hall–Kier alpha value is -0.860. The van der Waals surface area contributed by atoms with E-state index in [1.54, 1.807) is 0 Å². The average Bonchev–Trinajstić information content (AvgIpc) is 2.27. The lowest BCUT2D eigenvalue weighted by Gasteiger charge is -2.22. The van der Waals surface area contributed by atoms with Gasteiger partial charge >= 0.3 is 0 Å². The van der Waals surface area contributed by atoms with E-state index in [4.69, 9.17) is 5.73 Å². The summed E-state index contributed by atoms with van der Waals surface area (Å²) < 4.78 is 0. The predicted octanol–water partition coefficient (Wildman–Crippen LogP) is 3.29. The summed E-state index contributed by atoms with van der Waals surface area (Å²) in [5.74, 6) is 0. The second-order valence-corrected chi connectivity index (χ2v) is 6.17. The molecule has 0 spiro atoms. The molecule has 0 fully saturated rings. The van der Waals surface area contributed by atoms with Gasteiger partial charge in [-0.25, -0.2) is 0 Å². The smallest absolute Gasteiger partial charge is 0.0297 e. The lowest BCUT2D eigenvalue weighted by Crippen LogP contribution is -2.17. The van der Waals surface area contributed by atoms with Crippen molar-refractivity contribution in [2.24, 2.45) is 5.73 Å². The summed E-state index contributed by atoms with van der Waals surface area (Å²) in [7, 11) is 1.98. The zero-order chi connectivity index (χ0) is 13.8. The van der Waals surface area contributed by atoms with Crippen LogP contribution in [0.1, 0.15) is 56.3 Å². The van der Waals surface area contributed by atoms with Crippen molar-refractivity contribution in [3.63, 3.8) is 0 Å². The van der Waals surface area contributed by atoms with E-state index in [1.807, 2.05) is 7.05 Å². The Morgan fingerprint density at radius 1 is 1.28 bits per heavy atom. The molecule has 0 saturated carbocycles. The first-order chi connectivity index (χ1) is 8.36. The molecule has 0 aliphatic rings. The van der Waals surface area contributed by atoms with Gasteiger partial charge in [0.25, 0.3) is 0 Å². The molecule has 2 nitrogen and oxygen atoms in total. The van der Waals surface area contributed by atoms with E-state index in [-0.39, 0.29) is 11.5 Å². The van der Waals surface area contributed by atoms with Gasteiger partial charge in [-0.1, -0.05) is 39.0 Å². The molecule has 3 N–H and O–H groups in total. The highest BCUT2D eigenvalue weighted by Gasteiger charge is 2.16. The number of rotatable bonds is 5. The van der Waals surface area contributed by atoms with Crippen LogP contribution in [0.2, 0.25) is 0 Å². The van der Waals surface area contributed by atoms with Gasteiger partial charge in [-0.15, -0.1) is 0 Å². The Morgan fingerprint density at radius 2 is 1.94 bits per heavy atom. The van der Waals surface area contributed by atoms with Gasteiger partial charge in [-0.2, -0.15) is 0 Å². The zero-order valence-corrected chi connectivity index (χ0v) is 12.5. The lowest BCUT2D eigenvalue weighted by atomic mass is 9.84. The fourth-order valence-electron chi connectivity index (χ4n) is 2.21. The van der Waals surface area contributed by atoms with Crippen LogP contribution in [0.3, 0.4) is 0 Å². The molecule has 2 heteroatoms. The summed E-state index contributed by atoms with van der Waals surface area (Å²) >= 11 is 0. The van der Waals surface area contributed by atoms with Crippen LogP contribution in [0.5, 0.6) is 0 Å². The minimum absolute atomic E-state index is 0.160. The Morgan fingerprint density at radius 3 is 2.44 bits per heavy atom. The van der Waals surface area contributed by atoms with Gasteiger partial charge in [0.05, 0.1) is 0 Å². The Balaban J connectivity index is 2.79. The fourth-order valence-corrected chi connectivity index (χ4v) is 2.21. The SMILES string of the molecule is CNCCCC(N)c1ccc(C(C)(C)C)cc1C. The van der Waals surface area contributed by atoms with Crippen LogP contribution >= 0.6 is 0 Å². The maximum Gasteiger partial charge on any atom is 0.0297 e. The number of nitrogens with one attached hydrogen (secondary N) is 1. The van der Waals surface area contributed by atoms with Crippen LogP contribution in [-0.2, 0) is 5.41 Å². The maximum absolute atomic E-state index is 6.27. The molecule has 0 saturated heterocycles. The Bertz CT molecular complexity index is 377. The molecule has 1 atom stereocenters. The largest absolute Gasteiger partial charge is 0.324 e. The van der Waals surface area contributed by atoms with Crippen molar-refractivity contribution in [2.75, 3.05) is 13.6 Å². The van der Waals surface area contributed by atoms with Crippen molar-refractivity contribution in [1.29, 1.82) is 0 Å². The van der Waals surface area contributed by atoms with Gasteiger partial charge in [0, 0.05) is 6.04 Å². The highest BCUT2D eigenvalue weighted by atomic mass is 14.8. The van der Waals surface area contributed by atoms with Gasteiger partial charge in [0.1, 0.15) is 0 Å². The first-order valence-electron chi connectivity index (χ1n) is 6.87. The monoisotopic (exact) mass is 248 g/mol. The van der Waals surface area contributed by atoms with Crippen molar-refractivity contribution in [2.45, 2.75) is 52.0 Å². The highest BCUT2D eigenvalue weighted by Crippen LogP contribution is 2.27. The van der Waals surface area contributed by atoms with Crippen molar-refractivity contribution in [3.8, 4) is 0 Å².